The molecule has 2 rings (SSSR count). The second kappa shape index (κ2) is 12.3. The van der Waals surface area contributed by atoms with Crippen molar-refractivity contribution in [1.82, 2.24) is 5.48 Å². The van der Waals surface area contributed by atoms with Gasteiger partial charge in [0.2, 0.25) is 0 Å². The number of carboxylic acid groups (broad SMARTS) is 1. The highest BCUT2D eigenvalue weighted by molar-refractivity contribution is 5.95. The van der Waals surface area contributed by atoms with Gasteiger partial charge in [-0.25, -0.2) is 9.59 Å². The number of carbonyl (C=O) groups excluding carboxylic acids is 1. The van der Waals surface area contributed by atoms with Crippen LogP contribution in [0.25, 0.3) is 0 Å². The van der Waals surface area contributed by atoms with E-state index in [0.717, 1.165) is 5.56 Å². The van der Waals surface area contributed by atoms with Crippen molar-refractivity contribution in [2.75, 3.05) is 25.1 Å². The summed E-state index contributed by atoms with van der Waals surface area (Å²) in [4.78, 5) is 24.0. The van der Waals surface area contributed by atoms with Gasteiger partial charge in [0, 0.05) is 22.9 Å². The number of amidine groups is 1. The summed E-state index contributed by atoms with van der Waals surface area (Å²) in [6, 6.07) is 8.37. The molecule has 0 aliphatic rings. The van der Waals surface area contributed by atoms with E-state index in [1.165, 1.54) is 0 Å². The number of hydrogen-bond donors (Lipinski definition) is 5. The highest BCUT2D eigenvalue weighted by Gasteiger charge is 2.26. The molecule has 0 saturated carbocycles. The zero-order valence-electron chi connectivity index (χ0n) is 18.8. The van der Waals surface area contributed by atoms with Crippen LogP contribution in [-0.2, 0) is 20.7 Å². The van der Waals surface area contributed by atoms with Gasteiger partial charge in [0.1, 0.15) is 17.3 Å². The number of hydroxylamine groups is 1. The van der Waals surface area contributed by atoms with Crippen molar-refractivity contribution in [3.8, 4) is 11.5 Å². The maximum Gasteiger partial charge on any atom is 0.344 e. The molecule has 0 fully saturated rings. The van der Waals surface area contributed by atoms with E-state index >= 15 is 0 Å². The molecule has 33 heavy (non-hydrogen) atoms. The van der Waals surface area contributed by atoms with Gasteiger partial charge >= 0.3 is 11.9 Å². The maximum absolute atomic E-state index is 12.2. The van der Waals surface area contributed by atoms with Crippen molar-refractivity contribution < 1.29 is 34.1 Å². The number of benzene rings is 2. The van der Waals surface area contributed by atoms with Crippen LogP contribution in [-0.4, -0.2) is 47.9 Å². The summed E-state index contributed by atoms with van der Waals surface area (Å²) in [6.45, 7) is 5.67. The number of nitrogens with one attached hydrogen (secondary N) is 3. The first-order valence-corrected chi connectivity index (χ1v) is 10.5. The quantitative estimate of drug-likeness (QED) is 0.140. The summed E-state index contributed by atoms with van der Waals surface area (Å²) in [5.41, 5.74) is 3.76. The van der Waals surface area contributed by atoms with E-state index in [9.17, 15) is 14.7 Å². The number of anilines is 1. The molecular formula is C23H29N3O7. The number of carboxylic acids is 1. The monoisotopic (exact) mass is 459 g/mol. The number of rotatable bonds is 12. The molecule has 5 N–H and O–H groups in total. The zero-order valence-corrected chi connectivity index (χ0v) is 18.8. The number of esters is 1. The molecule has 0 aliphatic carbocycles. The van der Waals surface area contributed by atoms with Crippen molar-refractivity contribution in [2.24, 2.45) is 0 Å². The van der Waals surface area contributed by atoms with E-state index in [0.29, 0.717) is 35.6 Å². The van der Waals surface area contributed by atoms with Crippen LogP contribution in [0.2, 0.25) is 0 Å². The van der Waals surface area contributed by atoms with Crippen molar-refractivity contribution in [2.45, 2.75) is 33.2 Å². The Morgan fingerprint density at radius 3 is 2.27 bits per heavy atom. The largest absolute Gasteiger partial charge is 0.493 e. The molecule has 0 amide bonds. The molecule has 0 saturated heterocycles. The van der Waals surface area contributed by atoms with Crippen LogP contribution in [0, 0.1) is 5.41 Å². The van der Waals surface area contributed by atoms with Crippen LogP contribution in [0.3, 0.4) is 0 Å². The minimum atomic E-state index is -1.20. The predicted molar refractivity (Wildman–Crippen MR) is 121 cm³/mol. The molecule has 10 heteroatoms. The second-order valence-electron chi connectivity index (χ2n) is 6.86. The summed E-state index contributed by atoms with van der Waals surface area (Å²) < 4.78 is 16.2. The fraction of sp³-hybridized carbons (Fsp3) is 0.348. The van der Waals surface area contributed by atoms with Gasteiger partial charge in [0.05, 0.1) is 13.2 Å². The van der Waals surface area contributed by atoms with E-state index in [4.69, 9.17) is 24.8 Å². The van der Waals surface area contributed by atoms with Crippen LogP contribution in [0.4, 0.5) is 5.69 Å². The topological polar surface area (TPSA) is 150 Å². The van der Waals surface area contributed by atoms with Crippen molar-refractivity contribution in [3.05, 3.63) is 53.1 Å². The van der Waals surface area contributed by atoms with Gasteiger partial charge in [-0.1, -0.05) is 6.92 Å². The van der Waals surface area contributed by atoms with Crippen molar-refractivity contribution in [1.29, 1.82) is 5.41 Å². The first kappa shape index (κ1) is 25.5. The predicted octanol–water partition coefficient (Wildman–Crippen LogP) is 3.13. The third-order valence-electron chi connectivity index (χ3n) is 4.68. The molecule has 178 valence electrons. The lowest BCUT2D eigenvalue weighted by atomic mass is 9.99. The van der Waals surface area contributed by atoms with Gasteiger partial charge in [-0.2, -0.15) is 0 Å². The fourth-order valence-corrected chi connectivity index (χ4v) is 3.12. The standard InChI is InChI=1S/C23H29N3O7/c1-4-14-11-17(19(12-18(14)31-5-2)33-13-20(27)32-6-3)21(23(28)29)25-16-9-7-15(8-10-16)22(24)26-30/h7-12,21,25,30H,4-6,13H2,1-3H3,(H2,24,26)(H,28,29). The Bertz CT molecular complexity index is 977. The number of hydrogen-bond acceptors (Lipinski definition) is 8. The van der Waals surface area contributed by atoms with Gasteiger partial charge in [-0.05, 0) is 56.2 Å². The summed E-state index contributed by atoms with van der Waals surface area (Å²) in [5, 5.41) is 29.4. The van der Waals surface area contributed by atoms with E-state index in [1.807, 2.05) is 13.8 Å². The fourth-order valence-electron chi connectivity index (χ4n) is 3.12. The van der Waals surface area contributed by atoms with E-state index in [-0.39, 0.29) is 24.8 Å². The number of aliphatic carboxylic acids is 1. The van der Waals surface area contributed by atoms with Crippen LogP contribution in [0.5, 0.6) is 11.5 Å². The highest BCUT2D eigenvalue weighted by atomic mass is 16.6. The molecule has 0 radical (unpaired) electrons. The third kappa shape index (κ3) is 6.84. The first-order valence-electron chi connectivity index (χ1n) is 10.5. The molecule has 0 aliphatic heterocycles. The molecule has 0 spiro atoms. The van der Waals surface area contributed by atoms with Gasteiger partial charge in [0.25, 0.3) is 0 Å². The van der Waals surface area contributed by atoms with Gasteiger partial charge < -0.3 is 24.6 Å². The highest BCUT2D eigenvalue weighted by Crippen LogP contribution is 2.35. The molecule has 2 aromatic rings. The lowest BCUT2D eigenvalue weighted by molar-refractivity contribution is -0.145. The first-order chi connectivity index (χ1) is 15.8. The SMILES string of the molecule is CCOC(=O)COc1cc(OCC)c(CC)cc1C(Nc1ccc(C(=N)NO)cc1)C(=O)O. The smallest absolute Gasteiger partial charge is 0.344 e. The number of carbonyl (C=O) groups is 2. The van der Waals surface area contributed by atoms with Gasteiger partial charge in [-0.3, -0.25) is 16.1 Å². The summed E-state index contributed by atoms with van der Waals surface area (Å²) >= 11 is 0. The zero-order chi connectivity index (χ0) is 24.4. The third-order valence-corrected chi connectivity index (χ3v) is 4.68. The lowest BCUT2D eigenvalue weighted by Gasteiger charge is -2.22. The van der Waals surface area contributed by atoms with Crippen LogP contribution < -0.4 is 20.3 Å². The van der Waals surface area contributed by atoms with E-state index in [2.05, 4.69) is 5.32 Å². The second-order valence-corrected chi connectivity index (χ2v) is 6.86. The Morgan fingerprint density at radius 2 is 1.73 bits per heavy atom. The van der Waals surface area contributed by atoms with Gasteiger partial charge in [0.15, 0.2) is 12.6 Å². The lowest BCUT2D eigenvalue weighted by Crippen LogP contribution is -2.23. The Labute approximate surface area is 191 Å². The average Bonchev–Trinajstić information content (AvgIpc) is 2.81. The minimum Gasteiger partial charge on any atom is -0.493 e. The normalized spacial score (nSPS) is 11.3. The molecule has 10 nitrogen and oxygen atoms in total. The number of aryl methyl sites for hydroxylation is 1. The Kier molecular flexibility index (Phi) is 9.49. The van der Waals surface area contributed by atoms with Crippen LogP contribution in [0.15, 0.2) is 36.4 Å². The summed E-state index contributed by atoms with van der Waals surface area (Å²) in [5.74, 6) is -1.19. The maximum atomic E-state index is 12.2. The Balaban J connectivity index is 2.44. The molecular weight excluding hydrogens is 430 g/mol. The Morgan fingerprint density at radius 1 is 1.03 bits per heavy atom. The molecule has 2 aromatic carbocycles. The average molecular weight is 459 g/mol. The molecule has 1 unspecified atom stereocenters. The molecule has 1 atom stereocenters. The summed E-state index contributed by atoms with van der Waals surface area (Å²) in [7, 11) is 0. The van der Waals surface area contributed by atoms with Crippen LogP contribution >= 0.6 is 0 Å². The minimum absolute atomic E-state index is 0.187. The van der Waals surface area contributed by atoms with Crippen molar-refractivity contribution >= 4 is 23.5 Å². The Hall–Kier alpha value is -3.79. The van der Waals surface area contributed by atoms with E-state index in [1.54, 1.807) is 48.8 Å². The van der Waals surface area contributed by atoms with Gasteiger partial charge in [-0.15, -0.1) is 0 Å². The molecule has 0 bridgehead atoms. The van der Waals surface area contributed by atoms with E-state index < -0.39 is 18.0 Å². The molecule has 0 heterocycles. The van der Waals surface area contributed by atoms with Crippen LogP contribution in [0.1, 0.15) is 43.5 Å². The molecule has 0 aromatic heterocycles. The van der Waals surface area contributed by atoms with Crippen molar-refractivity contribution in [3.63, 3.8) is 0 Å². The number of ether oxygens (including phenoxy) is 3. The summed E-state index contributed by atoms with van der Waals surface area (Å²) in [6.07, 6.45) is 0.595.